The van der Waals surface area contributed by atoms with Crippen LogP contribution in [0.15, 0.2) is 18.3 Å². The maximum atomic E-state index is 11.0. The molecule has 1 aliphatic rings. The molecule has 0 amide bonds. The summed E-state index contributed by atoms with van der Waals surface area (Å²) in [5, 5.41) is 0. The minimum atomic E-state index is -0.0300. The van der Waals surface area contributed by atoms with Crippen LogP contribution in [-0.2, 0) is 4.74 Å². The zero-order valence-electron chi connectivity index (χ0n) is 9.31. The van der Waals surface area contributed by atoms with Gasteiger partial charge < -0.3 is 9.47 Å². The lowest BCUT2D eigenvalue weighted by Crippen LogP contribution is -2.25. The van der Waals surface area contributed by atoms with Crippen LogP contribution >= 0.6 is 0 Å². The molecule has 1 aliphatic heterocycles. The molecule has 1 aromatic heterocycles. The highest BCUT2D eigenvalue weighted by molar-refractivity contribution is 5.92. The topological polar surface area (TPSA) is 48.4 Å². The Kier molecular flexibility index (Phi) is 3.51. The molecule has 0 atom stereocenters. The van der Waals surface area contributed by atoms with Crippen molar-refractivity contribution >= 4 is 5.78 Å². The lowest BCUT2D eigenvalue weighted by Gasteiger charge is -2.23. The third-order valence-corrected chi connectivity index (χ3v) is 2.57. The number of Topliss-reactive ketones (excluding diaryl/α,β-unsaturated/α-hetero) is 1. The second-order valence-corrected chi connectivity index (χ2v) is 3.86. The van der Waals surface area contributed by atoms with Gasteiger partial charge in [-0.3, -0.25) is 4.79 Å². The molecule has 0 radical (unpaired) electrons. The zero-order valence-corrected chi connectivity index (χ0v) is 9.31. The summed E-state index contributed by atoms with van der Waals surface area (Å²) >= 11 is 0. The van der Waals surface area contributed by atoms with E-state index >= 15 is 0 Å². The average Bonchev–Trinajstić information content (AvgIpc) is 2.31. The number of carbonyl (C=O) groups excluding carboxylic acids is 1. The summed E-state index contributed by atoms with van der Waals surface area (Å²) in [6, 6.07) is 3.48. The number of carbonyl (C=O) groups is 1. The first-order chi connectivity index (χ1) is 7.75. The molecule has 1 fully saturated rings. The second-order valence-electron chi connectivity index (χ2n) is 3.86. The largest absolute Gasteiger partial charge is 0.489 e. The number of hydrogen-bond donors (Lipinski definition) is 0. The Morgan fingerprint density at radius 3 is 2.75 bits per heavy atom. The monoisotopic (exact) mass is 221 g/mol. The van der Waals surface area contributed by atoms with Gasteiger partial charge in [-0.15, -0.1) is 0 Å². The molecule has 4 nitrogen and oxygen atoms in total. The van der Waals surface area contributed by atoms with Crippen LogP contribution in [0.3, 0.4) is 0 Å². The number of ether oxygens (including phenoxy) is 2. The van der Waals surface area contributed by atoms with Crippen molar-refractivity contribution in [3.63, 3.8) is 0 Å². The number of rotatable bonds is 3. The first kappa shape index (κ1) is 11.1. The third kappa shape index (κ3) is 2.79. The van der Waals surface area contributed by atoms with Crippen LogP contribution in [-0.4, -0.2) is 30.1 Å². The molecule has 0 saturated carbocycles. The highest BCUT2D eigenvalue weighted by atomic mass is 16.5. The molecule has 0 bridgehead atoms. The molecule has 2 heterocycles. The molecule has 0 spiro atoms. The van der Waals surface area contributed by atoms with Gasteiger partial charge in [-0.05, 0) is 12.1 Å². The van der Waals surface area contributed by atoms with E-state index in [1.807, 2.05) is 0 Å². The molecule has 1 aromatic rings. The van der Waals surface area contributed by atoms with Crippen LogP contribution in [0.4, 0.5) is 0 Å². The first-order valence-electron chi connectivity index (χ1n) is 5.47. The molecular weight excluding hydrogens is 206 g/mol. The molecule has 16 heavy (non-hydrogen) atoms. The van der Waals surface area contributed by atoms with Gasteiger partial charge in [0.05, 0.1) is 19.4 Å². The fraction of sp³-hybridized carbons (Fsp3) is 0.500. The van der Waals surface area contributed by atoms with Crippen LogP contribution in [0.2, 0.25) is 0 Å². The number of aromatic nitrogens is 1. The Morgan fingerprint density at radius 2 is 2.19 bits per heavy atom. The zero-order chi connectivity index (χ0) is 11.4. The smallest absolute Gasteiger partial charge is 0.178 e. The quantitative estimate of drug-likeness (QED) is 0.731. The van der Waals surface area contributed by atoms with Gasteiger partial charge in [-0.2, -0.15) is 0 Å². The Hall–Kier alpha value is -1.42. The highest BCUT2D eigenvalue weighted by Crippen LogP contribution is 2.17. The van der Waals surface area contributed by atoms with Crippen molar-refractivity contribution in [2.24, 2.45) is 0 Å². The van der Waals surface area contributed by atoms with Crippen LogP contribution in [0, 0.1) is 0 Å². The molecule has 1 saturated heterocycles. The summed E-state index contributed by atoms with van der Waals surface area (Å²) in [6.45, 7) is 3.01. The molecule has 0 aromatic carbocycles. The standard InChI is InChI=1S/C12H15NO3/c1-9(14)12-3-2-11(8-13-12)16-10-4-6-15-7-5-10/h2-3,8,10H,4-7H2,1H3. The second kappa shape index (κ2) is 5.07. The molecule has 0 aliphatic carbocycles. The highest BCUT2D eigenvalue weighted by Gasteiger charge is 2.15. The number of pyridine rings is 1. The van der Waals surface area contributed by atoms with E-state index in [2.05, 4.69) is 4.98 Å². The molecule has 2 rings (SSSR count). The van der Waals surface area contributed by atoms with Crippen LogP contribution in [0.5, 0.6) is 5.75 Å². The molecule has 86 valence electrons. The van der Waals surface area contributed by atoms with Gasteiger partial charge in [0.1, 0.15) is 17.5 Å². The van der Waals surface area contributed by atoms with E-state index in [4.69, 9.17) is 9.47 Å². The van der Waals surface area contributed by atoms with Crippen molar-refractivity contribution in [1.82, 2.24) is 4.98 Å². The maximum Gasteiger partial charge on any atom is 0.178 e. The fourth-order valence-electron chi connectivity index (χ4n) is 1.64. The Bertz CT molecular complexity index is 355. The van der Waals surface area contributed by atoms with Gasteiger partial charge in [0.25, 0.3) is 0 Å². The summed E-state index contributed by atoms with van der Waals surface area (Å²) in [5.74, 6) is 0.689. The van der Waals surface area contributed by atoms with Gasteiger partial charge >= 0.3 is 0 Å². The summed E-state index contributed by atoms with van der Waals surface area (Å²) in [4.78, 5) is 15.1. The summed E-state index contributed by atoms with van der Waals surface area (Å²) in [5.41, 5.74) is 0.472. The van der Waals surface area contributed by atoms with E-state index in [1.54, 1.807) is 18.3 Å². The van der Waals surface area contributed by atoms with Gasteiger partial charge in [0, 0.05) is 19.8 Å². The maximum absolute atomic E-state index is 11.0. The predicted octanol–water partition coefficient (Wildman–Crippen LogP) is 1.84. The third-order valence-electron chi connectivity index (χ3n) is 2.57. The van der Waals surface area contributed by atoms with E-state index < -0.39 is 0 Å². The van der Waals surface area contributed by atoms with E-state index in [-0.39, 0.29) is 11.9 Å². The van der Waals surface area contributed by atoms with Gasteiger partial charge in [0.15, 0.2) is 5.78 Å². The van der Waals surface area contributed by atoms with Crippen LogP contribution in [0.1, 0.15) is 30.3 Å². The van der Waals surface area contributed by atoms with Gasteiger partial charge in [-0.25, -0.2) is 4.98 Å². The Morgan fingerprint density at radius 1 is 1.44 bits per heavy atom. The summed E-state index contributed by atoms with van der Waals surface area (Å²) in [7, 11) is 0. The Labute approximate surface area is 94.6 Å². The minimum absolute atomic E-state index is 0.0300. The fourth-order valence-corrected chi connectivity index (χ4v) is 1.64. The normalized spacial score (nSPS) is 17.1. The van der Waals surface area contributed by atoms with Gasteiger partial charge in [0.2, 0.25) is 0 Å². The van der Waals surface area contributed by atoms with E-state index in [9.17, 15) is 4.79 Å². The van der Waals surface area contributed by atoms with Crippen molar-refractivity contribution in [3.8, 4) is 5.75 Å². The van der Waals surface area contributed by atoms with Crippen molar-refractivity contribution in [1.29, 1.82) is 0 Å². The molecular formula is C12H15NO3. The van der Waals surface area contributed by atoms with Crippen molar-refractivity contribution in [3.05, 3.63) is 24.0 Å². The van der Waals surface area contributed by atoms with E-state index in [0.29, 0.717) is 5.69 Å². The van der Waals surface area contributed by atoms with Crippen molar-refractivity contribution in [2.75, 3.05) is 13.2 Å². The van der Waals surface area contributed by atoms with E-state index in [1.165, 1.54) is 6.92 Å². The van der Waals surface area contributed by atoms with E-state index in [0.717, 1.165) is 31.8 Å². The lowest BCUT2D eigenvalue weighted by molar-refractivity contribution is 0.0254. The predicted molar refractivity (Wildman–Crippen MR) is 58.7 cm³/mol. The van der Waals surface area contributed by atoms with Crippen LogP contribution < -0.4 is 4.74 Å². The lowest BCUT2D eigenvalue weighted by atomic mass is 10.1. The molecule has 0 unspecified atom stereocenters. The number of ketones is 1. The average molecular weight is 221 g/mol. The van der Waals surface area contributed by atoms with Crippen LogP contribution in [0.25, 0.3) is 0 Å². The minimum Gasteiger partial charge on any atom is -0.489 e. The van der Waals surface area contributed by atoms with Gasteiger partial charge in [-0.1, -0.05) is 0 Å². The molecule has 0 N–H and O–H groups in total. The summed E-state index contributed by atoms with van der Waals surface area (Å²) in [6.07, 6.45) is 3.63. The molecule has 4 heteroatoms. The van der Waals surface area contributed by atoms with Crippen molar-refractivity contribution < 1.29 is 14.3 Å². The summed E-state index contributed by atoms with van der Waals surface area (Å²) < 4.78 is 11.0. The number of nitrogens with zero attached hydrogens (tertiary/aromatic N) is 1. The number of hydrogen-bond acceptors (Lipinski definition) is 4. The first-order valence-corrected chi connectivity index (χ1v) is 5.47. The SMILES string of the molecule is CC(=O)c1ccc(OC2CCOCC2)cn1. The Balaban J connectivity index is 1.96. The van der Waals surface area contributed by atoms with Crippen molar-refractivity contribution in [2.45, 2.75) is 25.9 Å².